The molecule has 1 atom stereocenters. The molecule has 29 heavy (non-hydrogen) atoms. The second kappa shape index (κ2) is 10.0. The first-order valence-corrected chi connectivity index (χ1v) is 12.8. The molecule has 0 bridgehead atoms. The van der Waals surface area contributed by atoms with Crippen molar-refractivity contribution in [2.75, 3.05) is 19.0 Å². The molecule has 0 saturated heterocycles. The lowest BCUT2D eigenvalue weighted by atomic mass is 10.2. The normalized spacial score (nSPS) is 13.0. The van der Waals surface area contributed by atoms with Crippen LogP contribution in [0.2, 0.25) is 18.1 Å². The van der Waals surface area contributed by atoms with Gasteiger partial charge in [0.1, 0.15) is 6.61 Å². The monoisotopic (exact) mass is 415 g/mol. The third-order valence-electron chi connectivity index (χ3n) is 5.36. The van der Waals surface area contributed by atoms with E-state index in [1.807, 2.05) is 43.4 Å². The Morgan fingerprint density at radius 1 is 1.17 bits per heavy atom. The summed E-state index contributed by atoms with van der Waals surface area (Å²) in [7, 11) is 0.0274. The topological polar surface area (TPSA) is 72.5 Å². The summed E-state index contributed by atoms with van der Waals surface area (Å²) >= 11 is 0. The predicted molar refractivity (Wildman–Crippen MR) is 119 cm³/mol. The number of ether oxygens (including phenoxy) is 1. The molecule has 2 rings (SSSR count). The van der Waals surface area contributed by atoms with E-state index in [0.29, 0.717) is 12.3 Å². The SMILES string of the molecule is CNC(CO[Si](C)(C)C(C)(C)C)c1cc(NC(=O)OCc2ccccc2)ccn1. The van der Waals surface area contributed by atoms with Crippen molar-refractivity contribution in [1.82, 2.24) is 10.3 Å². The summed E-state index contributed by atoms with van der Waals surface area (Å²) in [4.78, 5) is 16.6. The molecule has 1 aromatic heterocycles. The van der Waals surface area contributed by atoms with Gasteiger partial charge in [0, 0.05) is 11.9 Å². The third-order valence-corrected chi connectivity index (χ3v) is 9.86. The zero-order valence-electron chi connectivity index (χ0n) is 18.3. The second-order valence-electron chi connectivity index (χ2n) is 8.57. The molecule has 2 aromatic rings. The van der Waals surface area contributed by atoms with E-state index in [1.54, 1.807) is 12.3 Å². The number of hydrogen-bond acceptors (Lipinski definition) is 5. The van der Waals surface area contributed by atoms with Crippen LogP contribution in [0.25, 0.3) is 0 Å². The van der Waals surface area contributed by atoms with E-state index in [-0.39, 0.29) is 17.7 Å². The highest BCUT2D eigenvalue weighted by molar-refractivity contribution is 6.74. The molecule has 7 heteroatoms. The summed E-state index contributed by atoms with van der Waals surface area (Å²) in [6.45, 7) is 11.9. The van der Waals surface area contributed by atoms with E-state index in [9.17, 15) is 4.79 Å². The van der Waals surface area contributed by atoms with Crippen molar-refractivity contribution in [3.8, 4) is 0 Å². The summed E-state index contributed by atoms with van der Waals surface area (Å²) < 4.78 is 11.6. The molecule has 0 spiro atoms. The van der Waals surface area contributed by atoms with Crippen molar-refractivity contribution in [2.24, 2.45) is 0 Å². The molecular formula is C22H33N3O3Si. The number of benzene rings is 1. The lowest BCUT2D eigenvalue weighted by Gasteiger charge is -2.37. The van der Waals surface area contributed by atoms with Gasteiger partial charge in [0.25, 0.3) is 0 Å². The van der Waals surface area contributed by atoms with E-state index in [0.717, 1.165) is 11.3 Å². The van der Waals surface area contributed by atoms with Crippen LogP contribution < -0.4 is 10.6 Å². The minimum atomic E-state index is -1.86. The zero-order chi connectivity index (χ0) is 21.5. The predicted octanol–water partition coefficient (Wildman–Crippen LogP) is 5.11. The van der Waals surface area contributed by atoms with Crippen LogP contribution in [0.1, 0.15) is 38.1 Å². The van der Waals surface area contributed by atoms with Crippen molar-refractivity contribution in [1.29, 1.82) is 0 Å². The Kier molecular flexibility index (Phi) is 7.95. The molecule has 6 nitrogen and oxygen atoms in total. The molecule has 2 N–H and O–H groups in total. The van der Waals surface area contributed by atoms with Crippen LogP contribution in [0, 0.1) is 0 Å². The average molecular weight is 416 g/mol. The minimum Gasteiger partial charge on any atom is -0.444 e. The number of aromatic nitrogens is 1. The van der Waals surface area contributed by atoms with Crippen LogP contribution in [-0.4, -0.2) is 33.0 Å². The van der Waals surface area contributed by atoms with Crippen LogP contribution in [0.4, 0.5) is 10.5 Å². The lowest BCUT2D eigenvalue weighted by molar-refractivity contribution is 0.155. The third kappa shape index (κ3) is 6.95. The molecular weight excluding hydrogens is 382 g/mol. The molecule has 0 aliphatic heterocycles. The Bertz CT molecular complexity index is 791. The molecule has 0 radical (unpaired) electrons. The Hall–Kier alpha value is -2.22. The van der Waals surface area contributed by atoms with Gasteiger partial charge in [-0.2, -0.15) is 0 Å². The number of nitrogens with one attached hydrogen (secondary N) is 2. The number of hydrogen-bond donors (Lipinski definition) is 2. The smallest absolute Gasteiger partial charge is 0.411 e. The van der Waals surface area contributed by atoms with E-state index in [2.05, 4.69) is 49.5 Å². The van der Waals surface area contributed by atoms with Crippen LogP contribution in [-0.2, 0) is 15.8 Å². The number of rotatable bonds is 8. The summed E-state index contributed by atoms with van der Waals surface area (Å²) in [6, 6.07) is 13.1. The molecule has 0 aliphatic carbocycles. The van der Waals surface area contributed by atoms with Crippen LogP contribution in [0.3, 0.4) is 0 Å². The van der Waals surface area contributed by atoms with E-state index in [4.69, 9.17) is 9.16 Å². The Balaban J connectivity index is 1.96. The van der Waals surface area contributed by atoms with Gasteiger partial charge in [-0.1, -0.05) is 51.1 Å². The van der Waals surface area contributed by atoms with Crippen molar-refractivity contribution in [3.63, 3.8) is 0 Å². The fourth-order valence-corrected chi connectivity index (χ4v) is 3.43. The number of likely N-dealkylation sites (N-methyl/N-ethyl adjacent to an activating group) is 1. The molecule has 158 valence electrons. The van der Waals surface area contributed by atoms with Gasteiger partial charge in [-0.05, 0) is 42.9 Å². The minimum absolute atomic E-state index is 0.0637. The lowest BCUT2D eigenvalue weighted by Crippen LogP contribution is -2.42. The second-order valence-corrected chi connectivity index (χ2v) is 13.4. The van der Waals surface area contributed by atoms with Crippen molar-refractivity contribution in [3.05, 3.63) is 59.9 Å². The summed E-state index contributed by atoms with van der Waals surface area (Å²) in [5.41, 5.74) is 2.39. The van der Waals surface area contributed by atoms with Crippen LogP contribution in [0.5, 0.6) is 0 Å². The van der Waals surface area contributed by atoms with Gasteiger partial charge in [0.2, 0.25) is 0 Å². The molecule has 0 aliphatic rings. The number of pyridine rings is 1. The molecule has 1 amide bonds. The Morgan fingerprint density at radius 3 is 2.48 bits per heavy atom. The number of amides is 1. The zero-order valence-corrected chi connectivity index (χ0v) is 19.3. The summed E-state index contributed by atoms with van der Waals surface area (Å²) in [6.07, 6.45) is 1.18. The van der Waals surface area contributed by atoms with Crippen LogP contribution >= 0.6 is 0 Å². The first kappa shape index (κ1) is 23.1. The van der Waals surface area contributed by atoms with Gasteiger partial charge in [-0.25, -0.2) is 4.79 Å². The Labute approximate surface area is 175 Å². The number of carbonyl (C=O) groups excluding carboxylic acids is 1. The maximum atomic E-state index is 12.1. The van der Waals surface area contributed by atoms with Gasteiger partial charge in [0.15, 0.2) is 8.32 Å². The fourth-order valence-electron chi connectivity index (χ4n) is 2.42. The number of carbonyl (C=O) groups is 1. The van der Waals surface area contributed by atoms with Gasteiger partial charge < -0.3 is 14.5 Å². The average Bonchev–Trinajstić information content (AvgIpc) is 2.67. The molecule has 0 saturated carbocycles. The van der Waals surface area contributed by atoms with Crippen molar-refractivity contribution in [2.45, 2.75) is 51.6 Å². The highest BCUT2D eigenvalue weighted by Crippen LogP contribution is 2.37. The fraction of sp³-hybridized carbons (Fsp3) is 0.455. The quantitative estimate of drug-likeness (QED) is 0.586. The molecule has 1 unspecified atom stereocenters. The molecule has 0 fully saturated rings. The highest BCUT2D eigenvalue weighted by atomic mass is 28.4. The van der Waals surface area contributed by atoms with E-state index < -0.39 is 14.4 Å². The van der Waals surface area contributed by atoms with Crippen molar-refractivity contribution < 1.29 is 14.0 Å². The molecule has 1 aromatic carbocycles. The summed E-state index contributed by atoms with van der Waals surface area (Å²) in [5, 5.41) is 6.17. The van der Waals surface area contributed by atoms with Crippen molar-refractivity contribution >= 4 is 20.1 Å². The number of anilines is 1. The van der Waals surface area contributed by atoms with Gasteiger partial charge in [0.05, 0.1) is 18.3 Å². The van der Waals surface area contributed by atoms with E-state index >= 15 is 0 Å². The standard InChI is InChI=1S/C22H33N3O3Si/c1-22(2,3)29(5,6)28-16-20(23-4)19-14-18(12-13-24-19)25-21(26)27-15-17-10-8-7-9-11-17/h7-14,20,23H,15-16H2,1-6H3,(H,24,25,26). The van der Waals surface area contributed by atoms with E-state index in [1.165, 1.54) is 0 Å². The van der Waals surface area contributed by atoms with Gasteiger partial charge >= 0.3 is 6.09 Å². The first-order chi connectivity index (χ1) is 13.6. The maximum absolute atomic E-state index is 12.1. The molecule has 1 heterocycles. The van der Waals surface area contributed by atoms with Crippen LogP contribution in [0.15, 0.2) is 48.7 Å². The van der Waals surface area contributed by atoms with Gasteiger partial charge in [-0.15, -0.1) is 0 Å². The maximum Gasteiger partial charge on any atom is 0.411 e. The first-order valence-electron chi connectivity index (χ1n) is 9.87. The summed E-state index contributed by atoms with van der Waals surface area (Å²) in [5.74, 6) is 0. The van der Waals surface area contributed by atoms with Gasteiger partial charge in [-0.3, -0.25) is 10.3 Å². The Morgan fingerprint density at radius 2 is 1.86 bits per heavy atom. The number of nitrogens with zero attached hydrogens (tertiary/aromatic N) is 1. The highest BCUT2D eigenvalue weighted by Gasteiger charge is 2.37. The largest absolute Gasteiger partial charge is 0.444 e.